The Bertz CT molecular complexity index is 1150. The van der Waals surface area contributed by atoms with Crippen LogP contribution in [0, 0.1) is 18.3 Å². The molecule has 2 fully saturated rings. The molecule has 0 unspecified atom stereocenters. The number of amides is 1. The molecule has 0 atom stereocenters. The maximum atomic E-state index is 13.0. The topological polar surface area (TPSA) is 104 Å². The standard InChI is InChI=1S/C25H27N5O2/c1-15-10-17(8-9-27-15)25-30-23(14-32-25)24(31)29-22-11-18(13-28-19-4-2-3-5-19)21(26)12-20(22)16-6-7-16/h8-14,16,19,26,28H,2-7H2,1H3,(H,29,31)/b18-13-,26-21?. The molecule has 164 valence electrons. The number of aryl methyl sites for hydroxylation is 1. The summed E-state index contributed by atoms with van der Waals surface area (Å²) < 4.78 is 5.55. The monoisotopic (exact) mass is 429 g/mol. The second-order valence-electron chi connectivity index (χ2n) is 8.77. The van der Waals surface area contributed by atoms with Gasteiger partial charge in [-0.2, -0.15) is 0 Å². The van der Waals surface area contributed by atoms with Crippen molar-refractivity contribution in [3.05, 3.63) is 71.2 Å². The van der Waals surface area contributed by atoms with E-state index in [1.54, 1.807) is 12.3 Å². The summed E-state index contributed by atoms with van der Waals surface area (Å²) in [5.74, 6) is 0.471. The number of pyridine rings is 1. The van der Waals surface area contributed by atoms with E-state index in [1.807, 2.05) is 31.3 Å². The number of carbonyl (C=O) groups is 1. The SMILES string of the molecule is Cc1cc(-c2nc(C(=O)NC3=C/C(=C/NC4CCCC4)C(=N)C=C3C3CC3)co2)ccn1. The van der Waals surface area contributed by atoms with Gasteiger partial charge in [0, 0.05) is 41.0 Å². The van der Waals surface area contributed by atoms with Crippen molar-refractivity contribution in [1.82, 2.24) is 20.6 Å². The van der Waals surface area contributed by atoms with Crippen LogP contribution in [0.2, 0.25) is 0 Å². The van der Waals surface area contributed by atoms with Crippen molar-refractivity contribution in [3.63, 3.8) is 0 Å². The molecular formula is C25H27N5O2. The molecule has 0 aromatic carbocycles. The Morgan fingerprint density at radius 1 is 1.22 bits per heavy atom. The zero-order valence-electron chi connectivity index (χ0n) is 18.1. The Morgan fingerprint density at radius 2 is 2.03 bits per heavy atom. The average Bonchev–Trinajstić information content (AvgIpc) is 3.27. The van der Waals surface area contributed by atoms with E-state index in [2.05, 4.69) is 20.6 Å². The maximum absolute atomic E-state index is 13.0. The van der Waals surface area contributed by atoms with Crippen LogP contribution in [0.5, 0.6) is 0 Å². The largest absolute Gasteiger partial charge is 0.444 e. The summed E-state index contributed by atoms with van der Waals surface area (Å²) >= 11 is 0. The van der Waals surface area contributed by atoms with Gasteiger partial charge in [-0.15, -0.1) is 0 Å². The molecule has 1 amide bonds. The molecule has 7 heteroatoms. The minimum absolute atomic E-state index is 0.223. The summed E-state index contributed by atoms with van der Waals surface area (Å²) in [5.41, 5.74) is 4.89. The third-order valence-corrected chi connectivity index (χ3v) is 6.20. The van der Waals surface area contributed by atoms with Crippen molar-refractivity contribution in [2.24, 2.45) is 5.92 Å². The number of nitrogens with zero attached hydrogens (tertiary/aromatic N) is 2. The van der Waals surface area contributed by atoms with Crippen LogP contribution >= 0.6 is 0 Å². The number of hydrogen-bond donors (Lipinski definition) is 3. The molecule has 0 aliphatic heterocycles. The van der Waals surface area contributed by atoms with E-state index < -0.39 is 0 Å². The molecule has 0 bridgehead atoms. The van der Waals surface area contributed by atoms with Gasteiger partial charge in [0.05, 0.1) is 5.71 Å². The van der Waals surface area contributed by atoms with E-state index in [-0.39, 0.29) is 11.6 Å². The second-order valence-corrected chi connectivity index (χ2v) is 8.77. The molecule has 3 aliphatic carbocycles. The average molecular weight is 430 g/mol. The van der Waals surface area contributed by atoms with Gasteiger partial charge in [0.15, 0.2) is 5.69 Å². The van der Waals surface area contributed by atoms with Crippen molar-refractivity contribution < 1.29 is 9.21 Å². The number of carbonyl (C=O) groups excluding carboxylic acids is 1. The Hall–Kier alpha value is -3.48. The highest BCUT2D eigenvalue weighted by Gasteiger charge is 2.32. The highest BCUT2D eigenvalue weighted by molar-refractivity contribution is 6.11. The Balaban J connectivity index is 1.35. The number of nitrogens with one attached hydrogen (secondary N) is 3. The molecule has 2 saturated carbocycles. The molecule has 0 spiro atoms. The van der Waals surface area contributed by atoms with Gasteiger partial charge in [0.2, 0.25) is 5.89 Å². The lowest BCUT2D eigenvalue weighted by Crippen LogP contribution is -2.28. The predicted octanol–water partition coefficient (Wildman–Crippen LogP) is 4.44. The number of oxazole rings is 1. The highest BCUT2D eigenvalue weighted by atomic mass is 16.3. The number of aromatic nitrogens is 2. The van der Waals surface area contributed by atoms with E-state index in [0.29, 0.717) is 23.6 Å². The van der Waals surface area contributed by atoms with Crippen LogP contribution < -0.4 is 10.6 Å². The lowest BCUT2D eigenvalue weighted by Gasteiger charge is -2.19. The van der Waals surface area contributed by atoms with Gasteiger partial charge in [-0.25, -0.2) is 4.98 Å². The molecule has 7 nitrogen and oxygen atoms in total. The van der Waals surface area contributed by atoms with E-state index in [9.17, 15) is 4.79 Å². The molecule has 3 N–H and O–H groups in total. The fourth-order valence-electron chi connectivity index (χ4n) is 4.27. The van der Waals surface area contributed by atoms with Crippen molar-refractivity contribution in [3.8, 4) is 11.5 Å². The summed E-state index contributed by atoms with van der Waals surface area (Å²) in [6.45, 7) is 1.89. The minimum Gasteiger partial charge on any atom is -0.444 e. The van der Waals surface area contributed by atoms with Crippen LogP contribution in [-0.4, -0.2) is 27.6 Å². The van der Waals surface area contributed by atoms with E-state index in [0.717, 1.165) is 40.9 Å². The first-order valence-corrected chi connectivity index (χ1v) is 11.3. The molecule has 5 rings (SSSR count). The molecule has 0 radical (unpaired) electrons. The molecule has 2 aromatic heterocycles. The first-order chi connectivity index (χ1) is 15.6. The fraction of sp³-hybridized carbons (Fsp3) is 0.360. The van der Waals surface area contributed by atoms with Crippen LogP contribution in [0.15, 0.2) is 64.2 Å². The molecule has 3 aliphatic rings. The number of rotatable bonds is 6. The van der Waals surface area contributed by atoms with Gasteiger partial charge >= 0.3 is 0 Å². The second kappa shape index (κ2) is 8.57. The van der Waals surface area contributed by atoms with E-state index in [1.165, 1.54) is 31.9 Å². The van der Waals surface area contributed by atoms with Gasteiger partial charge in [0.1, 0.15) is 6.26 Å². The van der Waals surface area contributed by atoms with Gasteiger partial charge in [-0.05, 0) is 68.4 Å². The summed E-state index contributed by atoms with van der Waals surface area (Å²) in [6, 6.07) is 4.14. The van der Waals surface area contributed by atoms with Crippen LogP contribution in [0.1, 0.15) is 54.7 Å². The van der Waals surface area contributed by atoms with Gasteiger partial charge in [-0.3, -0.25) is 9.78 Å². The summed E-state index contributed by atoms with van der Waals surface area (Å²) in [6.07, 6.45) is 15.8. The smallest absolute Gasteiger partial charge is 0.277 e. The van der Waals surface area contributed by atoms with E-state index in [4.69, 9.17) is 9.83 Å². The molecule has 32 heavy (non-hydrogen) atoms. The van der Waals surface area contributed by atoms with E-state index >= 15 is 0 Å². The Kier molecular flexibility index (Phi) is 5.47. The zero-order chi connectivity index (χ0) is 22.1. The molecule has 2 aromatic rings. The maximum Gasteiger partial charge on any atom is 0.277 e. The lowest BCUT2D eigenvalue weighted by atomic mass is 9.94. The minimum atomic E-state index is -0.319. The predicted molar refractivity (Wildman–Crippen MR) is 122 cm³/mol. The number of allylic oxidation sites excluding steroid dienone is 4. The first-order valence-electron chi connectivity index (χ1n) is 11.3. The van der Waals surface area contributed by atoms with Crippen LogP contribution in [0.4, 0.5) is 0 Å². The molecule has 0 saturated heterocycles. The van der Waals surface area contributed by atoms with Crippen molar-refractivity contribution in [2.45, 2.75) is 51.5 Å². The quantitative estimate of drug-likeness (QED) is 0.630. The van der Waals surface area contributed by atoms with Crippen LogP contribution in [-0.2, 0) is 0 Å². The van der Waals surface area contributed by atoms with Crippen LogP contribution in [0.3, 0.4) is 0 Å². The Morgan fingerprint density at radius 3 is 2.78 bits per heavy atom. The van der Waals surface area contributed by atoms with Gasteiger partial charge in [0.25, 0.3) is 5.91 Å². The number of hydrogen-bond acceptors (Lipinski definition) is 6. The van der Waals surface area contributed by atoms with Gasteiger partial charge < -0.3 is 20.5 Å². The first kappa shape index (κ1) is 20.4. The molecular weight excluding hydrogens is 402 g/mol. The van der Waals surface area contributed by atoms with Crippen LogP contribution in [0.25, 0.3) is 11.5 Å². The summed E-state index contributed by atoms with van der Waals surface area (Å²) in [4.78, 5) is 21.5. The summed E-state index contributed by atoms with van der Waals surface area (Å²) in [7, 11) is 0. The fourth-order valence-corrected chi connectivity index (χ4v) is 4.27. The molecule has 2 heterocycles. The van der Waals surface area contributed by atoms with Gasteiger partial charge in [-0.1, -0.05) is 12.8 Å². The normalized spacial score (nSPS) is 20.3. The summed E-state index contributed by atoms with van der Waals surface area (Å²) in [5, 5.41) is 14.9. The lowest BCUT2D eigenvalue weighted by molar-refractivity contribution is 0.0961. The van der Waals surface area contributed by atoms with Crippen molar-refractivity contribution in [1.29, 1.82) is 5.41 Å². The van der Waals surface area contributed by atoms with Crippen molar-refractivity contribution >= 4 is 11.6 Å². The Labute approximate surface area is 187 Å². The third-order valence-electron chi connectivity index (χ3n) is 6.20. The zero-order valence-corrected chi connectivity index (χ0v) is 18.1. The van der Waals surface area contributed by atoms with Crippen molar-refractivity contribution in [2.75, 3.05) is 0 Å². The highest BCUT2D eigenvalue weighted by Crippen LogP contribution is 2.41. The third kappa shape index (κ3) is 4.42.